The second kappa shape index (κ2) is 16.0. The van der Waals surface area contributed by atoms with Gasteiger partial charge in [-0.15, -0.1) is 0 Å². The first-order chi connectivity index (χ1) is 28.6. The Morgan fingerprint density at radius 2 is 1.19 bits per heavy atom. The highest BCUT2D eigenvalue weighted by Gasteiger charge is 2.39. The highest BCUT2D eigenvalue weighted by Crippen LogP contribution is 2.42. The molecule has 2 fully saturated rings. The van der Waals surface area contributed by atoms with Gasteiger partial charge in [0.2, 0.25) is 0 Å². The molecule has 0 amide bonds. The Bertz CT molecular complexity index is 2400. The maximum absolute atomic E-state index is 11.4. The summed E-state index contributed by atoms with van der Waals surface area (Å²) in [6, 6.07) is 38.9. The fourth-order valence-corrected chi connectivity index (χ4v) is 9.45. The lowest BCUT2D eigenvalue weighted by molar-refractivity contribution is 0.0625. The summed E-state index contributed by atoms with van der Waals surface area (Å²) in [6.45, 7) is 0. The largest absolute Gasteiger partial charge is 0.465 e. The Hall–Kier alpha value is -5.63. The van der Waals surface area contributed by atoms with Gasteiger partial charge in [-0.3, -0.25) is 31.5 Å². The molecule has 5 aromatic rings. The molecular formula is C50H49N7O. The van der Waals surface area contributed by atoms with Crippen LogP contribution in [0.25, 0.3) is 12.2 Å². The van der Waals surface area contributed by atoms with Crippen LogP contribution in [0.3, 0.4) is 0 Å². The molecule has 2 aliphatic heterocycles. The zero-order valence-electron chi connectivity index (χ0n) is 32.7. The predicted octanol–water partition coefficient (Wildman–Crippen LogP) is 9.07. The van der Waals surface area contributed by atoms with Crippen LogP contribution in [0.15, 0.2) is 143 Å². The van der Waals surface area contributed by atoms with Crippen LogP contribution >= 0.6 is 0 Å². The quantitative estimate of drug-likeness (QED) is 0.112. The van der Waals surface area contributed by atoms with E-state index in [9.17, 15) is 5.26 Å². The van der Waals surface area contributed by atoms with E-state index in [1.807, 2.05) is 12.1 Å². The van der Waals surface area contributed by atoms with E-state index in [1.54, 1.807) is 0 Å². The summed E-state index contributed by atoms with van der Waals surface area (Å²) in [5.41, 5.74) is 10.8. The fraction of sp³-hybridized carbons (Fsp3) is 0.260. The van der Waals surface area contributed by atoms with E-state index in [0.29, 0.717) is 5.56 Å². The van der Waals surface area contributed by atoms with E-state index in [2.05, 4.69) is 178 Å². The summed E-state index contributed by atoms with van der Waals surface area (Å²) in [5, 5.41) is 30.9. The molecule has 0 spiro atoms. The fourth-order valence-electron chi connectivity index (χ4n) is 9.45. The zero-order valence-corrected chi connectivity index (χ0v) is 32.7. The second-order valence-corrected chi connectivity index (χ2v) is 16.0. The summed E-state index contributed by atoms with van der Waals surface area (Å²) in [7, 11) is 2.17. The van der Waals surface area contributed by atoms with Gasteiger partial charge in [-0.2, -0.15) is 5.26 Å². The van der Waals surface area contributed by atoms with Crippen molar-refractivity contribution in [2.75, 3.05) is 7.05 Å². The highest BCUT2D eigenvalue weighted by molar-refractivity contribution is 5.71. The third-order valence-electron chi connectivity index (χ3n) is 12.4. The van der Waals surface area contributed by atoms with Gasteiger partial charge in [-0.25, -0.2) is 0 Å². The van der Waals surface area contributed by atoms with Crippen molar-refractivity contribution in [3.8, 4) is 6.07 Å². The van der Waals surface area contributed by atoms with Gasteiger partial charge in [0.25, 0.3) is 0 Å². The zero-order chi connectivity index (χ0) is 39.0. The molecule has 8 heteroatoms. The number of hydrogen-bond acceptors (Lipinski definition) is 8. The Labute approximate surface area is 341 Å². The number of nitrogens with one attached hydrogen (secondary N) is 5. The maximum atomic E-state index is 11.4. The lowest BCUT2D eigenvalue weighted by atomic mass is 9.83. The van der Waals surface area contributed by atoms with Crippen LogP contribution in [0.1, 0.15) is 118 Å². The average molecular weight is 764 g/mol. The minimum absolute atomic E-state index is 0.0580. The van der Waals surface area contributed by atoms with E-state index in [0.717, 1.165) is 77.0 Å². The van der Waals surface area contributed by atoms with Crippen molar-refractivity contribution < 1.29 is 4.42 Å². The first kappa shape index (κ1) is 36.7. The van der Waals surface area contributed by atoms with Crippen molar-refractivity contribution >= 4 is 12.2 Å². The number of fused-ring (bicyclic) bond motifs is 3. The minimum Gasteiger partial charge on any atom is -0.465 e. The van der Waals surface area contributed by atoms with Crippen molar-refractivity contribution in [1.82, 2.24) is 31.5 Å². The number of aryl methyl sites for hydroxylation is 1. The Morgan fingerprint density at radius 1 is 0.603 bits per heavy atom. The molecule has 3 aliphatic carbocycles. The molecule has 5 N–H and O–H groups in total. The summed E-state index contributed by atoms with van der Waals surface area (Å²) in [4.78, 5) is 2.36. The summed E-state index contributed by atoms with van der Waals surface area (Å²) in [5.74, 6) is 2.19. The van der Waals surface area contributed by atoms with Gasteiger partial charge in [-0.05, 0) is 54.1 Å². The van der Waals surface area contributed by atoms with Crippen LogP contribution in [0.4, 0.5) is 0 Å². The van der Waals surface area contributed by atoms with Crippen LogP contribution in [-0.4, -0.2) is 18.1 Å². The van der Waals surface area contributed by atoms with Gasteiger partial charge in [0.05, 0.1) is 48.6 Å². The number of hydrogen-bond donors (Lipinski definition) is 5. The Kier molecular flexibility index (Phi) is 10.1. The van der Waals surface area contributed by atoms with Crippen LogP contribution in [0.5, 0.6) is 0 Å². The Morgan fingerprint density at radius 3 is 1.83 bits per heavy atom. The second-order valence-electron chi connectivity index (χ2n) is 16.0. The van der Waals surface area contributed by atoms with Gasteiger partial charge in [0.1, 0.15) is 11.5 Å². The van der Waals surface area contributed by atoms with Crippen molar-refractivity contribution in [3.63, 3.8) is 0 Å². The molecule has 1 aromatic heterocycles. The molecule has 8 nitrogen and oxygen atoms in total. The smallest absolute Gasteiger partial charge is 0.112 e. The monoisotopic (exact) mass is 763 g/mol. The standard InChI is InChI=1S/C50H49N7O/c1-57-49(35-22-12-5-13-23-35)55-47(34-20-10-4-11-21-34)56-50(57)41-29-37(36-26-27-39-38-24-14-15-25-43(38)58-44(39)30-36)28-40(42(41)31-51)48-53-45(32-16-6-2-7-17-32)52-46(54-48)33-18-8-3-9-19-33/h2-4,6-12,14,16-24,26-29,36,45-50,52-56H,5,13,15,25,30H2,1H3. The normalized spacial score (nSPS) is 26.7. The number of allylic oxidation sites excluding steroid dienone is 4. The first-order valence-corrected chi connectivity index (χ1v) is 20.7. The van der Waals surface area contributed by atoms with E-state index < -0.39 is 0 Å². The number of benzene rings is 4. The molecule has 10 rings (SSSR count). The highest BCUT2D eigenvalue weighted by atomic mass is 16.3. The summed E-state index contributed by atoms with van der Waals surface area (Å²) in [6.07, 6.45) is 19.5. The molecule has 0 radical (unpaired) electrons. The van der Waals surface area contributed by atoms with Gasteiger partial charge in [0, 0.05) is 41.0 Å². The van der Waals surface area contributed by atoms with Gasteiger partial charge < -0.3 is 4.42 Å². The van der Waals surface area contributed by atoms with Crippen LogP contribution in [0.2, 0.25) is 0 Å². The molecule has 2 saturated heterocycles. The molecular weight excluding hydrogens is 715 g/mol. The average Bonchev–Trinajstić information content (AvgIpc) is 3.68. The number of nitrogens with zero attached hydrogens (tertiary/aromatic N) is 2. The molecule has 5 aliphatic rings. The molecule has 4 aromatic carbocycles. The minimum atomic E-state index is -0.356. The molecule has 3 heterocycles. The number of rotatable bonds is 7. The van der Waals surface area contributed by atoms with E-state index in [-0.39, 0.29) is 42.9 Å². The molecule has 0 saturated carbocycles. The third kappa shape index (κ3) is 7.01. The van der Waals surface area contributed by atoms with Gasteiger partial charge in [0.15, 0.2) is 0 Å². The van der Waals surface area contributed by atoms with E-state index in [4.69, 9.17) is 4.42 Å². The van der Waals surface area contributed by atoms with E-state index in [1.165, 1.54) is 16.7 Å². The molecule has 6 unspecified atom stereocenters. The molecule has 290 valence electrons. The number of furan rings is 1. The summed E-state index contributed by atoms with van der Waals surface area (Å²) >= 11 is 0. The van der Waals surface area contributed by atoms with Crippen molar-refractivity contribution in [2.45, 2.75) is 75.0 Å². The van der Waals surface area contributed by atoms with Crippen LogP contribution in [0, 0.1) is 11.3 Å². The molecule has 6 atom stereocenters. The molecule has 0 bridgehead atoms. The summed E-state index contributed by atoms with van der Waals surface area (Å²) < 4.78 is 6.58. The number of likely N-dealkylation sites (N-methyl/N-ethyl adjacent to an activating group) is 1. The van der Waals surface area contributed by atoms with Crippen LogP contribution in [-0.2, 0) is 12.8 Å². The Balaban J connectivity index is 1.12. The molecule has 58 heavy (non-hydrogen) atoms. The lowest BCUT2D eigenvalue weighted by Crippen LogP contribution is -2.60. The lowest BCUT2D eigenvalue weighted by Gasteiger charge is -2.47. The van der Waals surface area contributed by atoms with Gasteiger partial charge in [-0.1, -0.05) is 146 Å². The predicted molar refractivity (Wildman–Crippen MR) is 229 cm³/mol. The van der Waals surface area contributed by atoms with Crippen molar-refractivity contribution in [3.05, 3.63) is 201 Å². The van der Waals surface area contributed by atoms with E-state index >= 15 is 0 Å². The van der Waals surface area contributed by atoms with Crippen LogP contribution < -0.4 is 26.6 Å². The van der Waals surface area contributed by atoms with Gasteiger partial charge >= 0.3 is 0 Å². The van der Waals surface area contributed by atoms with Crippen molar-refractivity contribution in [1.29, 1.82) is 5.26 Å². The SMILES string of the molecule is CN1C(C2=CCCC=C2)NC(c2ccccc2)NC1c1cc(C2C=Cc3c(oc4c3C=CCC4)C2)cc(C2NC(c3ccccc3)NC(c3ccccc3)N2)c1C#N. The van der Waals surface area contributed by atoms with Crippen molar-refractivity contribution in [2.24, 2.45) is 0 Å². The topological polar surface area (TPSA) is 100 Å². The first-order valence-electron chi connectivity index (χ1n) is 20.7. The third-order valence-corrected chi connectivity index (χ3v) is 12.4. The maximum Gasteiger partial charge on any atom is 0.112 e. The number of nitriles is 1.